The standard InChI is InChI=1S/C29H29F3N4/c1-21-26(34-28(33-21)24-13-8-14-25(19-24)29(30,31)32)20-35-15-17-36(18-16-35)27(22-9-4-2-5-10-22)23-11-6-3-7-12-23/h2-14,19,27H,15-18,20H2,1H3,(H,33,34). The number of aromatic nitrogens is 2. The van der Waals surface area contributed by atoms with Gasteiger partial charge in [-0.15, -0.1) is 0 Å². The molecule has 5 rings (SSSR count). The van der Waals surface area contributed by atoms with E-state index in [9.17, 15) is 13.2 Å². The highest BCUT2D eigenvalue weighted by atomic mass is 19.4. The molecule has 0 atom stereocenters. The lowest BCUT2D eigenvalue weighted by Crippen LogP contribution is -2.47. The van der Waals surface area contributed by atoms with Gasteiger partial charge in [0.1, 0.15) is 5.82 Å². The maximum atomic E-state index is 13.1. The Kier molecular flexibility index (Phi) is 6.94. The van der Waals surface area contributed by atoms with E-state index in [1.54, 1.807) is 6.07 Å². The molecular formula is C29H29F3N4. The Hall–Kier alpha value is -3.42. The molecule has 4 nitrogen and oxygen atoms in total. The highest BCUT2D eigenvalue weighted by Crippen LogP contribution is 2.32. The summed E-state index contributed by atoms with van der Waals surface area (Å²) < 4.78 is 39.4. The summed E-state index contributed by atoms with van der Waals surface area (Å²) in [5.74, 6) is 0.473. The highest BCUT2D eigenvalue weighted by Gasteiger charge is 2.31. The number of nitrogens with one attached hydrogen (secondary N) is 1. The molecule has 1 N–H and O–H groups in total. The van der Waals surface area contributed by atoms with Gasteiger partial charge in [0.15, 0.2) is 0 Å². The molecule has 1 aromatic heterocycles. The first-order chi connectivity index (χ1) is 17.4. The van der Waals surface area contributed by atoms with Crippen molar-refractivity contribution in [2.45, 2.75) is 25.7 Å². The average Bonchev–Trinajstić information content (AvgIpc) is 3.26. The topological polar surface area (TPSA) is 35.2 Å². The first kappa shape index (κ1) is 24.3. The summed E-state index contributed by atoms with van der Waals surface area (Å²) >= 11 is 0. The summed E-state index contributed by atoms with van der Waals surface area (Å²) in [6.07, 6.45) is -4.38. The molecule has 7 heteroatoms. The lowest BCUT2D eigenvalue weighted by molar-refractivity contribution is -0.137. The van der Waals surface area contributed by atoms with Crippen molar-refractivity contribution in [3.63, 3.8) is 0 Å². The van der Waals surface area contributed by atoms with E-state index in [1.807, 2.05) is 19.1 Å². The van der Waals surface area contributed by atoms with E-state index < -0.39 is 11.7 Å². The molecule has 4 aromatic rings. The summed E-state index contributed by atoms with van der Waals surface area (Å²) in [6.45, 7) is 6.20. The largest absolute Gasteiger partial charge is 0.416 e. The third-order valence-corrected chi connectivity index (χ3v) is 6.82. The third-order valence-electron chi connectivity index (χ3n) is 6.82. The molecule has 0 radical (unpaired) electrons. The number of rotatable bonds is 6. The number of hydrogen-bond acceptors (Lipinski definition) is 3. The molecule has 0 bridgehead atoms. The molecule has 2 heterocycles. The number of piperazine rings is 1. The van der Waals surface area contributed by atoms with Gasteiger partial charge in [0.05, 0.1) is 17.3 Å². The maximum absolute atomic E-state index is 13.1. The van der Waals surface area contributed by atoms with E-state index in [0.717, 1.165) is 49.7 Å². The molecule has 0 amide bonds. The van der Waals surface area contributed by atoms with E-state index in [1.165, 1.54) is 17.2 Å². The molecule has 1 fully saturated rings. The predicted molar refractivity (Wildman–Crippen MR) is 135 cm³/mol. The Bertz CT molecular complexity index is 1240. The van der Waals surface area contributed by atoms with Gasteiger partial charge in [-0.2, -0.15) is 13.2 Å². The average molecular weight is 491 g/mol. The van der Waals surface area contributed by atoms with Crippen LogP contribution in [0.25, 0.3) is 11.4 Å². The Morgan fingerprint density at radius 2 is 1.44 bits per heavy atom. The van der Waals surface area contributed by atoms with Gasteiger partial charge in [-0.1, -0.05) is 72.8 Å². The van der Waals surface area contributed by atoms with Crippen LogP contribution in [0.3, 0.4) is 0 Å². The van der Waals surface area contributed by atoms with Gasteiger partial charge in [0.25, 0.3) is 0 Å². The fourth-order valence-electron chi connectivity index (χ4n) is 4.91. The molecule has 186 valence electrons. The number of hydrogen-bond donors (Lipinski definition) is 1. The zero-order valence-electron chi connectivity index (χ0n) is 20.2. The molecular weight excluding hydrogens is 461 g/mol. The Morgan fingerprint density at radius 1 is 0.833 bits per heavy atom. The first-order valence-corrected chi connectivity index (χ1v) is 12.2. The van der Waals surface area contributed by atoms with Gasteiger partial charge in [-0.3, -0.25) is 9.80 Å². The summed E-state index contributed by atoms with van der Waals surface area (Å²) in [6, 6.07) is 26.7. The lowest BCUT2D eigenvalue weighted by Gasteiger charge is -2.39. The second-order valence-electron chi connectivity index (χ2n) is 9.27. The van der Waals surface area contributed by atoms with Crippen molar-refractivity contribution in [2.24, 2.45) is 0 Å². The molecule has 1 aliphatic heterocycles. The Balaban J connectivity index is 1.28. The number of aromatic amines is 1. The number of H-pyrrole nitrogens is 1. The van der Waals surface area contributed by atoms with Crippen LogP contribution < -0.4 is 0 Å². The molecule has 0 spiro atoms. The second kappa shape index (κ2) is 10.3. The van der Waals surface area contributed by atoms with E-state index in [2.05, 4.69) is 68.3 Å². The predicted octanol–water partition coefficient (Wildman–Crippen LogP) is 6.31. The number of imidazole rings is 1. The summed E-state index contributed by atoms with van der Waals surface area (Å²) in [4.78, 5) is 12.7. The quantitative estimate of drug-likeness (QED) is 0.344. The number of halogens is 3. The molecule has 3 aromatic carbocycles. The van der Waals surface area contributed by atoms with Crippen LogP contribution >= 0.6 is 0 Å². The second-order valence-corrected chi connectivity index (χ2v) is 9.27. The molecule has 0 unspecified atom stereocenters. The first-order valence-electron chi connectivity index (χ1n) is 12.2. The molecule has 1 aliphatic rings. The van der Waals surface area contributed by atoms with Crippen LogP contribution in [0.2, 0.25) is 0 Å². The van der Waals surface area contributed by atoms with Gasteiger partial charge in [0, 0.05) is 44.0 Å². The summed E-state index contributed by atoms with van der Waals surface area (Å²) in [5, 5.41) is 0. The van der Waals surface area contributed by atoms with Crippen LogP contribution in [0.5, 0.6) is 0 Å². The fraction of sp³-hybridized carbons (Fsp3) is 0.276. The van der Waals surface area contributed by atoms with E-state index in [4.69, 9.17) is 0 Å². The van der Waals surface area contributed by atoms with Crippen LogP contribution in [0.15, 0.2) is 84.9 Å². The van der Waals surface area contributed by atoms with Crippen LogP contribution in [0.4, 0.5) is 13.2 Å². The van der Waals surface area contributed by atoms with Gasteiger partial charge in [-0.05, 0) is 30.2 Å². The van der Waals surface area contributed by atoms with Crippen LogP contribution in [-0.4, -0.2) is 45.9 Å². The van der Waals surface area contributed by atoms with Crippen molar-refractivity contribution in [1.29, 1.82) is 0 Å². The minimum Gasteiger partial charge on any atom is -0.342 e. The van der Waals surface area contributed by atoms with Crippen molar-refractivity contribution in [3.05, 3.63) is 113 Å². The van der Waals surface area contributed by atoms with Crippen LogP contribution in [0, 0.1) is 6.92 Å². The number of alkyl halides is 3. The smallest absolute Gasteiger partial charge is 0.342 e. The fourth-order valence-corrected chi connectivity index (χ4v) is 4.91. The van der Waals surface area contributed by atoms with E-state index >= 15 is 0 Å². The molecule has 36 heavy (non-hydrogen) atoms. The van der Waals surface area contributed by atoms with E-state index in [0.29, 0.717) is 17.9 Å². The number of aryl methyl sites for hydroxylation is 1. The maximum Gasteiger partial charge on any atom is 0.416 e. The van der Waals surface area contributed by atoms with Crippen molar-refractivity contribution in [2.75, 3.05) is 26.2 Å². The normalized spacial score (nSPS) is 15.5. The minimum atomic E-state index is -4.38. The minimum absolute atomic E-state index is 0.203. The van der Waals surface area contributed by atoms with Gasteiger partial charge in [0.2, 0.25) is 0 Å². The molecule has 1 saturated heterocycles. The molecule has 0 aliphatic carbocycles. The zero-order valence-corrected chi connectivity index (χ0v) is 20.2. The van der Waals surface area contributed by atoms with Crippen molar-refractivity contribution in [1.82, 2.24) is 19.8 Å². The van der Waals surface area contributed by atoms with Gasteiger partial charge >= 0.3 is 6.18 Å². The van der Waals surface area contributed by atoms with Gasteiger partial charge in [-0.25, -0.2) is 4.98 Å². The van der Waals surface area contributed by atoms with Crippen molar-refractivity contribution < 1.29 is 13.2 Å². The monoisotopic (exact) mass is 490 g/mol. The highest BCUT2D eigenvalue weighted by molar-refractivity contribution is 5.57. The van der Waals surface area contributed by atoms with Crippen molar-refractivity contribution in [3.8, 4) is 11.4 Å². The number of nitrogens with zero attached hydrogens (tertiary/aromatic N) is 3. The van der Waals surface area contributed by atoms with Crippen LogP contribution in [-0.2, 0) is 12.7 Å². The van der Waals surface area contributed by atoms with Crippen molar-refractivity contribution >= 4 is 0 Å². The Morgan fingerprint density at radius 3 is 2.03 bits per heavy atom. The molecule has 0 saturated carbocycles. The van der Waals surface area contributed by atoms with Gasteiger partial charge < -0.3 is 4.98 Å². The summed E-state index contributed by atoms with van der Waals surface area (Å²) in [7, 11) is 0. The van der Waals surface area contributed by atoms with E-state index in [-0.39, 0.29) is 6.04 Å². The lowest BCUT2D eigenvalue weighted by atomic mass is 9.96. The van der Waals surface area contributed by atoms with Crippen LogP contribution in [0.1, 0.15) is 34.1 Å². The summed E-state index contributed by atoms with van der Waals surface area (Å²) in [5.41, 5.74) is 4.10. The number of benzene rings is 3. The zero-order chi connectivity index (χ0) is 25.1. The third kappa shape index (κ3) is 5.37. The SMILES string of the molecule is Cc1[nH]c(-c2cccc(C(F)(F)F)c2)nc1CN1CCN(C(c2ccccc2)c2ccccc2)CC1. The Labute approximate surface area is 209 Å².